The van der Waals surface area contributed by atoms with E-state index in [0.29, 0.717) is 49.6 Å². The van der Waals surface area contributed by atoms with Crippen molar-refractivity contribution in [1.82, 2.24) is 15.0 Å². The van der Waals surface area contributed by atoms with Crippen molar-refractivity contribution in [3.63, 3.8) is 0 Å². The van der Waals surface area contributed by atoms with Crippen LogP contribution in [0.2, 0.25) is 0 Å². The summed E-state index contributed by atoms with van der Waals surface area (Å²) in [6.45, 7) is 6.20. The first-order valence-corrected chi connectivity index (χ1v) is 10.5. The summed E-state index contributed by atoms with van der Waals surface area (Å²) in [4.78, 5) is 16.8. The van der Waals surface area contributed by atoms with Gasteiger partial charge in [0.05, 0.1) is 5.56 Å². The molecule has 0 spiro atoms. The lowest BCUT2D eigenvalue weighted by atomic mass is 10.1. The zero-order valence-electron chi connectivity index (χ0n) is 18.1. The van der Waals surface area contributed by atoms with E-state index < -0.39 is 11.6 Å². The Labute approximate surface area is 185 Å². The quantitative estimate of drug-likeness (QED) is 0.576. The first kappa shape index (κ1) is 22.0. The topological polar surface area (TPSA) is 58.8 Å². The second-order valence-corrected chi connectivity index (χ2v) is 7.90. The molecule has 0 N–H and O–H groups in total. The fourth-order valence-electron chi connectivity index (χ4n) is 3.77. The first-order chi connectivity index (χ1) is 15.4. The standard InChI is InChI=1S/C24H25F2N3O3/c1-16-6-3-4-9-21(16)31-15-19-17(2)32-27-23(19)24(30)29-12-10-28(11-13-29)14-18-7-5-8-20(25)22(18)26/h3-9H,10-15H2,1-2H3. The number of hydrogen-bond acceptors (Lipinski definition) is 5. The summed E-state index contributed by atoms with van der Waals surface area (Å²) in [7, 11) is 0. The van der Waals surface area contributed by atoms with E-state index in [1.54, 1.807) is 17.9 Å². The Bertz CT molecular complexity index is 1110. The van der Waals surface area contributed by atoms with E-state index in [4.69, 9.17) is 9.26 Å². The molecule has 3 aromatic rings. The van der Waals surface area contributed by atoms with Gasteiger partial charge in [0.2, 0.25) is 0 Å². The maximum absolute atomic E-state index is 14.0. The molecule has 4 rings (SSSR count). The predicted molar refractivity (Wildman–Crippen MR) is 114 cm³/mol. The largest absolute Gasteiger partial charge is 0.488 e. The molecule has 1 aliphatic heterocycles. The number of halogens is 2. The Morgan fingerprint density at radius 3 is 2.56 bits per heavy atom. The second-order valence-electron chi connectivity index (χ2n) is 7.90. The van der Waals surface area contributed by atoms with Gasteiger partial charge in [-0.25, -0.2) is 8.78 Å². The molecule has 1 aromatic heterocycles. The highest BCUT2D eigenvalue weighted by Gasteiger charge is 2.28. The molecule has 0 saturated carbocycles. The molecular formula is C24H25F2N3O3. The van der Waals surface area contributed by atoms with Crippen molar-refractivity contribution >= 4 is 5.91 Å². The summed E-state index contributed by atoms with van der Waals surface area (Å²) in [5, 5.41) is 3.98. The summed E-state index contributed by atoms with van der Waals surface area (Å²) in [6.07, 6.45) is 0. The van der Waals surface area contributed by atoms with Gasteiger partial charge in [0.1, 0.15) is 18.1 Å². The summed E-state index contributed by atoms with van der Waals surface area (Å²) >= 11 is 0. The highest BCUT2D eigenvalue weighted by Crippen LogP contribution is 2.22. The fourth-order valence-corrected chi connectivity index (χ4v) is 3.77. The van der Waals surface area contributed by atoms with Gasteiger partial charge in [-0.1, -0.05) is 35.5 Å². The lowest BCUT2D eigenvalue weighted by Crippen LogP contribution is -2.48. The minimum Gasteiger partial charge on any atom is -0.488 e. The smallest absolute Gasteiger partial charge is 0.276 e. The minimum atomic E-state index is -0.849. The Balaban J connectivity index is 1.38. The molecule has 1 amide bonds. The molecule has 0 atom stereocenters. The second kappa shape index (κ2) is 9.48. The van der Waals surface area contributed by atoms with E-state index in [-0.39, 0.29) is 18.2 Å². The molecule has 1 fully saturated rings. The number of carbonyl (C=O) groups is 1. The Morgan fingerprint density at radius 2 is 1.81 bits per heavy atom. The number of para-hydroxylation sites is 1. The van der Waals surface area contributed by atoms with Crippen LogP contribution in [0.5, 0.6) is 5.75 Å². The van der Waals surface area contributed by atoms with Crippen molar-refractivity contribution in [2.75, 3.05) is 26.2 Å². The molecule has 0 unspecified atom stereocenters. The van der Waals surface area contributed by atoms with Crippen molar-refractivity contribution in [1.29, 1.82) is 0 Å². The van der Waals surface area contributed by atoms with Crippen LogP contribution in [0.3, 0.4) is 0 Å². The van der Waals surface area contributed by atoms with Crippen LogP contribution < -0.4 is 4.74 Å². The number of aromatic nitrogens is 1. The number of amides is 1. The third-order valence-corrected chi connectivity index (χ3v) is 5.74. The number of aryl methyl sites for hydroxylation is 2. The average molecular weight is 441 g/mol. The lowest BCUT2D eigenvalue weighted by molar-refractivity contribution is 0.0614. The first-order valence-electron chi connectivity index (χ1n) is 10.5. The van der Waals surface area contributed by atoms with Crippen LogP contribution in [-0.2, 0) is 13.2 Å². The molecule has 6 nitrogen and oxygen atoms in total. The molecule has 8 heteroatoms. The Morgan fingerprint density at radius 1 is 1.06 bits per heavy atom. The van der Waals surface area contributed by atoms with Gasteiger partial charge in [-0.05, 0) is 31.5 Å². The number of benzene rings is 2. The number of ether oxygens (including phenoxy) is 1. The number of rotatable bonds is 6. The van der Waals surface area contributed by atoms with Gasteiger partial charge in [0.15, 0.2) is 17.3 Å². The van der Waals surface area contributed by atoms with Crippen LogP contribution in [0, 0.1) is 25.5 Å². The molecule has 2 aromatic carbocycles. The van der Waals surface area contributed by atoms with Crippen molar-refractivity contribution in [2.24, 2.45) is 0 Å². The number of carbonyl (C=O) groups excluding carboxylic acids is 1. The maximum Gasteiger partial charge on any atom is 0.276 e. The fraction of sp³-hybridized carbons (Fsp3) is 0.333. The average Bonchev–Trinajstić information content (AvgIpc) is 3.16. The third kappa shape index (κ3) is 4.65. The summed E-state index contributed by atoms with van der Waals surface area (Å²) in [5.41, 5.74) is 2.19. The van der Waals surface area contributed by atoms with E-state index in [2.05, 4.69) is 5.16 Å². The van der Waals surface area contributed by atoms with Crippen LogP contribution >= 0.6 is 0 Å². The Hall–Kier alpha value is -3.26. The molecule has 1 aliphatic rings. The molecule has 0 aliphatic carbocycles. The van der Waals surface area contributed by atoms with Crippen molar-refractivity contribution < 1.29 is 22.8 Å². The van der Waals surface area contributed by atoms with E-state index in [9.17, 15) is 13.6 Å². The van der Waals surface area contributed by atoms with E-state index >= 15 is 0 Å². The zero-order valence-corrected chi connectivity index (χ0v) is 18.1. The van der Waals surface area contributed by atoms with Crippen molar-refractivity contribution in [2.45, 2.75) is 27.0 Å². The van der Waals surface area contributed by atoms with Gasteiger partial charge < -0.3 is 14.2 Å². The molecular weight excluding hydrogens is 416 g/mol. The summed E-state index contributed by atoms with van der Waals surface area (Å²) in [5.74, 6) is -0.603. The van der Waals surface area contributed by atoms with Gasteiger partial charge in [-0.2, -0.15) is 0 Å². The van der Waals surface area contributed by atoms with E-state index in [1.165, 1.54) is 6.07 Å². The van der Waals surface area contributed by atoms with Gasteiger partial charge in [0, 0.05) is 38.3 Å². The molecule has 168 valence electrons. The normalized spacial score (nSPS) is 14.6. The predicted octanol–water partition coefficient (Wildman–Crippen LogP) is 4.11. The molecule has 0 radical (unpaired) electrons. The lowest BCUT2D eigenvalue weighted by Gasteiger charge is -2.34. The monoisotopic (exact) mass is 441 g/mol. The van der Waals surface area contributed by atoms with Gasteiger partial charge in [-0.3, -0.25) is 9.69 Å². The Kier molecular flexibility index (Phi) is 6.50. The molecule has 32 heavy (non-hydrogen) atoms. The zero-order chi connectivity index (χ0) is 22.7. The maximum atomic E-state index is 14.0. The van der Waals surface area contributed by atoms with Crippen LogP contribution in [0.15, 0.2) is 47.0 Å². The number of nitrogens with zero attached hydrogens (tertiary/aromatic N) is 3. The summed E-state index contributed by atoms with van der Waals surface area (Å²) in [6, 6.07) is 11.8. The van der Waals surface area contributed by atoms with Crippen molar-refractivity contribution in [3.05, 3.63) is 82.2 Å². The number of piperazine rings is 1. The SMILES string of the molecule is Cc1ccccc1OCc1c(C(=O)N2CCN(Cc3cccc(F)c3F)CC2)noc1C. The van der Waals surface area contributed by atoms with Crippen LogP contribution in [-0.4, -0.2) is 47.0 Å². The molecule has 0 bridgehead atoms. The minimum absolute atomic E-state index is 0.181. The van der Waals surface area contributed by atoms with Crippen LogP contribution in [0.4, 0.5) is 8.78 Å². The van der Waals surface area contributed by atoms with E-state index in [1.807, 2.05) is 36.1 Å². The third-order valence-electron chi connectivity index (χ3n) is 5.74. The highest BCUT2D eigenvalue weighted by atomic mass is 19.2. The number of hydrogen-bond donors (Lipinski definition) is 0. The van der Waals surface area contributed by atoms with Gasteiger partial charge >= 0.3 is 0 Å². The van der Waals surface area contributed by atoms with Gasteiger partial charge in [0.25, 0.3) is 5.91 Å². The van der Waals surface area contributed by atoms with Crippen molar-refractivity contribution in [3.8, 4) is 5.75 Å². The van der Waals surface area contributed by atoms with E-state index in [0.717, 1.165) is 17.4 Å². The van der Waals surface area contributed by atoms with Crippen LogP contribution in [0.1, 0.15) is 32.9 Å². The van der Waals surface area contributed by atoms with Crippen LogP contribution in [0.25, 0.3) is 0 Å². The van der Waals surface area contributed by atoms with Gasteiger partial charge in [-0.15, -0.1) is 0 Å². The highest BCUT2D eigenvalue weighted by molar-refractivity contribution is 5.93. The molecule has 2 heterocycles. The summed E-state index contributed by atoms with van der Waals surface area (Å²) < 4.78 is 38.6. The molecule has 1 saturated heterocycles.